The number of amides is 1. The number of aryl methyl sites for hydroxylation is 1. The minimum atomic E-state index is -0.378. The van der Waals surface area contributed by atoms with Crippen LogP contribution in [0, 0.1) is 19.7 Å². The average molecular weight is 342 g/mol. The van der Waals surface area contributed by atoms with Gasteiger partial charge in [0.25, 0.3) is 5.91 Å². The lowest BCUT2D eigenvalue weighted by atomic mass is 10.3. The zero-order chi connectivity index (χ0) is 14.7. The van der Waals surface area contributed by atoms with Gasteiger partial charge in [0.05, 0.1) is 4.47 Å². The highest BCUT2D eigenvalue weighted by Crippen LogP contribution is 2.25. The summed E-state index contributed by atoms with van der Waals surface area (Å²) in [6, 6.07) is 3.99. The Morgan fingerprint density at radius 2 is 2.25 bits per heavy atom. The second kappa shape index (κ2) is 6.04. The topological polar surface area (TPSA) is 67.0 Å². The molecule has 0 saturated carbocycles. The molecule has 0 radical (unpaired) electrons. The molecule has 7 heteroatoms. The fourth-order valence-corrected chi connectivity index (χ4v) is 1.98. The molecule has 2 rings (SSSR count). The molecule has 0 aliphatic carbocycles. The van der Waals surface area contributed by atoms with E-state index in [1.807, 2.05) is 13.8 Å². The summed E-state index contributed by atoms with van der Waals surface area (Å²) in [4.78, 5) is 11.7. The summed E-state index contributed by atoms with van der Waals surface area (Å²) in [6.45, 7) is 3.53. The number of rotatable bonds is 4. The lowest BCUT2D eigenvalue weighted by Gasteiger charge is -2.08. The molecular formula is C13H13BrFN3O2. The van der Waals surface area contributed by atoms with E-state index in [1.54, 1.807) is 0 Å². The molecule has 0 aliphatic heterocycles. The van der Waals surface area contributed by atoms with Gasteiger partial charge in [0, 0.05) is 11.3 Å². The predicted octanol–water partition coefficient (Wildman–Crippen LogP) is 2.95. The van der Waals surface area contributed by atoms with Crippen LogP contribution in [-0.4, -0.2) is 22.7 Å². The quantitative estimate of drug-likeness (QED) is 0.898. The Labute approximate surface area is 123 Å². The number of anilines is 1. The molecular weight excluding hydrogens is 329 g/mol. The molecule has 0 fully saturated rings. The number of aromatic amines is 1. The van der Waals surface area contributed by atoms with E-state index < -0.39 is 0 Å². The molecule has 0 saturated heterocycles. The van der Waals surface area contributed by atoms with Crippen LogP contribution in [0.1, 0.15) is 11.3 Å². The van der Waals surface area contributed by atoms with E-state index in [0.29, 0.717) is 16.0 Å². The number of benzene rings is 1. The maximum atomic E-state index is 12.9. The fourth-order valence-electron chi connectivity index (χ4n) is 1.51. The average Bonchev–Trinajstić information content (AvgIpc) is 2.70. The maximum absolute atomic E-state index is 12.9. The summed E-state index contributed by atoms with van der Waals surface area (Å²) in [7, 11) is 0. The van der Waals surface area contributed by atoms with Gasteiger partial charge in [-0.2, -0.15) is 5.10 Å². The first-order valence-electron chi connectivity index (χ1n) is 5.86. The van der Waals surface area contributed by atoms with Crippen molar-refractivity contribution in [1.29, 1.82) is 0 Å². The van der Waals surface area contributed by atoms with Crippen molar-refractivity contribution in [1.82, 2.24) is 10.2 Å². The molecule has 0 aliphatic rings. The largest absolute Gasteiger partial charge is 0.483 e. The Hall–Kier alpha value is -1.89. The van der Waals surface area contributed by atoms with E-state index in [0.717, 1.165) is 11.3 Å². The van der Waals surface area contributed by atoms with Gasteiger partial charge < -0.3 is 10.1 Å². The molecule has 1 amide bonds. The van der Waals surface area contributed by atoms with Crippen molar-refractivity contribution in [2.75, 3.05) is 11.9 Å². The molecule has 1 aromatic carbocycles. The minimum Gasteiger partial charge on any atom is -0.483 e. The predicted molar refractivity (Wildman–Crippen MR) is 76.3 cm³/mol. The summed E-state index contributed by atoms with van der Waals surface area (Å²) < 4.78 is 18.7. The number of nitrogens with zero attached hydrogens (tertiary/aromatic N) is 1. The van der Waals surface area contributed by atoms with Crippen LogP contribution in [0.15, 0.2) is 22.7 Å². The highest BCUT2D eigenvalue weighted by Gasteiger charge is 2.11. The summed E-state index contributed by atoms with van der Waals surface area (Å²) in [5, 5.41) is 9.38. The van der Waals surface area contributed by atoms with Crippen LogP contribution >= 0.6 is 15.9 Å². The van der Waals surface area contributed by atoms with Crippen LogP contribution in [0.4, 0.5) is 10.2 Å². The van der Waals surface area contributed by atoms with Crippen LogP contribution < -0.4 is 10.1 Å². The van der Waals surface area contributed by atoms with E-state index in [1.165, 1.54) is 18.2 Å². The van der Waals surface area contributed by atoms with Crippen molar-refractivity contribution >= 4 is 27.7 Å². The van der Waals surface area contributed by atoms with Gasteiger partial charge in [-0.1, -0.05) is 0 Å². The zero-order valence-corrected chi connectivity index (χ0v) is 12.5. The summed E-state index contributed by atoms with van der Waals surface area (Å²) in [6.07, 6.45) is 0. The normalized spacial score (nSPS) is 10.4. The zero-order valence-electron chi connectivity index (χ0n) is 11.0. The van der Waals surface area contributed by atoms with Gasteiger partial charge in [0.1, 0.15) is 11.6 Å². The van der Waals surface area contributed by atoms with Crippen molar-refractivity contribution < 1.29 is 13.9 Å². The lowest BCUT2D eigenvalue weighted by molar-refractivity contribution is -0.118. The minimum absolute atomic E-state index is 0.185. The van der Waals surface area contributed by atoms with Gasteiger partial charge in [0.2, 0.25) is 0 Å². The number of nitrogens with one attached hydrogen (secondary N) is 2. The molecule has 0 atom stereocenters. The van der Waals surface area contributed by atoms with Gasteiger partial charge in [-0.25, -0.2) is 4.39 Å². The second-order valence-corrected chi connectivity index (χ2v) is 5.09. The van der Waals surface area contributed by atoms with Crippen LogP contribution in [0.5, 0.6) is 5.75 Å². The molecule has 2 aromatic rings. The van der Waals surface area contributed by atoms with Crippen LogP contribution in [0.3, 0.4) is 0 Å². The molecule has 0 spiro atoms. The number of aromatic nitrogens is 2. The van der Waals surface area contributed by atoms with Crippen LogP contribution in [-0.2, 0) is 4.79 Å². The maximum Gasteiger partial charge on any atom is 0.263 e. The third kappa shape index (κ3) is 3.36. The van der Waals surface area contributed by atoms with Crippen molar-refractivity contribution in [3.63, 3.8) is 0 Å². The first-order valence-corrected chi connectivity index (χ1v) is 6.66. The van der Waals surface area contributed by atoms with Crippen LogP contribution in [0.25, 0.3) is 0 Å². The van der Waals surface area contributed by atoms with Gasteiger partial charge in [-0.3, -0.25) is 9.89 Å². The molecule has 1 heterocycles. The van der Waals surface area contributed by atoms with Crippen molar-refractivity contribution in [3.05, 3.63) is 39.7 Å². The Morgan fingerprint density at radius 3 is 2.85 bits per heavy atom. The van der Waals surface area contributed by atoms with Crippen molar-refractivity contribution in [3.8, 4) is 5.75 Å². The Balaban J connectivity index is 1.94. The summed E-state index contributed by atoms with van der Waals surface area (Å²) in [5.74, 6) is 0.165. The molecule has 106 valence electrons. The Kier molecular flexibility index (Phi) is 4.39. The molecule has 0 bridgehead atoms. The second-order valence-electron chi connectivity index (χ2n) is 4.23. The third-order valence-corrected chi connectivity index (χ3v) is 3.38. The molecule has 5 nitrogen and oxygen atoms in total. The highest BCUT2D eigenvalue weighted by molar-refractivity contribution is 9.10. The van der Waals surface area contributed by atoms with Gasteiger partial charge >= 0.3 is 0 Å². The highest BCUT2D eigenvalue weighted by atomic mass is 79.9. The fraction of sp³-hybridized carbons (Fsp3) is 0.231. The smallest absolute Gasteiger partial charge is 0.263 e. The molecule has 2 N–H and O–H groups in total. The Morgan fingerprint density at radius 1 is 1.50 bits per heavy atom. The van der Waals surface area contributed by atoms with Gasteiger partial charge in [0.15, 0.2) is 12.4 Å². The molecule has 20 heavy (non-hydrogen) atoms. The van der Waals surface area contributed by atoms with E-state index in [4.69, 9.17) is 4.74 Å². The summed E-state index contributed by atoms with van der Waals surface area (Å²) >= 11 is 3.16. The third-order valence-electron chi connectivity index (χ3n) is 2.76. The monoisotopic (exact) mass is 341 g/mol. The number of hydrogen-bond donors (Lipinski definition) is 2. The van der Waals surface area contributed by atoms with Gasteiger partial charge in [-0.15, -0.1) is 0 Å². The molecule has 0 unspecified atom stereocenters. The van der Waals surface area contributed by atoms with Crippen molar-refractivity contribution in [2.24, 2.45) is 0 Å². The lowest BCUT2D eigenvalue weighted by Crippen LogP contribution is -2.21. The number of hydrogen-bond acceptors (Lipinski definition) is 3. The number of carbonyl (C=O) groups is 1. The number of carbonyl (C=O) groups excluding carboxylic acids is 1. The van der Waals surface area contributed by atoms with Crippen LogP contribution in [0.2, 0.25) is 0 Å². The van der Waals surface area contributed by atoms with Gasteiger partial charge in [-0.05, 0) is 48.0 Å². The number of ether oxygens (including phenoxy) is 1. The SMILES string of the molecule is Cc1[nH]nc(NC(=O)COc2ccc(F)cc2Br)c1C. The molecule has 1 aromatic heterocycles. The first-order chi connectivity index (χ1) is 9.47. The van der Waals surface area contributed by atoms with E-state index in [9.17, 15) is 9.18 Å². The van der Waals surface area contributed by atoms with E-state index in [-0.39, 0.29) is 18.3 Å². The number of H-pyrrole nitrogens is 1. The van der Waals surface area contributed by atoms with E-state index in [2.05, 4.69) is 31.4 Å². The Bertz CT molecular complexity index is 643. The number of halogens is 2. The van der Waals surface area contributed by atoms with E-state index >= 15 is 0 Å². The standard InChI is InChI=1S/C13H13BrFN3O2/c1-7-8(2)17-18-13(7)16-12(19)6-20-11-4-3-9(15)5-10(11)14/h3-5H,6H2,1-2H3,(H2,16,17,18,19). The first kappa shape index (κ1) is 14.5. The van der Waals surface area contributed by atoms with Crippen molar-refractivity contribution in [2.45, 2.75) is 13.8 Å². The summed E-state index contributed by atoms with van der Waals surface area (Å²) in [5.41, 5.74) is 1.77.